The van der Waals surface area contributed by atoms with E-state index in [2.05, 4.69) is 25.7 Å². The molecule has 1 aromatic heterocycles. The van der Waals surface area contributed by atoms with Gasteiger partial charge in [-0.1, -0.05) is 20.8 Å². The number of rotatable bonds is 4. The first-order chi connectivity index (χ1) is 6.95. The maximum Gasteiger partial charge on any atom is 0.0947 e. The van der Waals surface area contributed by atoms with E-state index in [1.807, 2.05) is 13.1 Å². The van der Waals surface area contributed by atoms with Gasteiger partial charge in [0.1, 0.15) is 0 Å². The first-order valence-electron chi connectivity index (χ1n) is 5.27. The molecule has 1 N–H and O–H groups in total. The van der Waals surface area contributed by atoms with Gasteiger partial charge in [-0.2, -0.15) is 0 Å². The highest BCUT2D eigenvalue weighted by molar-refractivity contribution is 5.05. The zero-order valence-electron chi connectivity index (χ0n) is 10.0. The van der Waals surface area contributed by atoms with E-state index < -0.39 is 0 Å². The van der Waals surface area contributed by atoms with Crippen molar-refractivity contribution in [1.82, 2.24) is 4.90 Å². The third-order valence-electron chi connectivity index (χ3n) is 2.72. The SMILES string of the molecule is CN(Cc1ccoc1)C(CO)C(C)(C)C. The molecule has 0 amide bonds. The normalized spacial score (nSPS) is 14.5. The number of nitrogens with zero attached hydrogens (tertiary/aromatic N) is 1. The van der Waals surface area contributed by atoms with Crippen LogP contribution >= 0.6 is 0 Å². The van der Waals surface area contributed by atoms with Gasteiger partial charge in [0.25, 0.3) is 0 Å². The predicted octanol–water partition coefficient (Wildman–Crippen LogP) is 2.12. The van der Waals surface area contributed by atoms with Gasteiger partial charge in [-0.25, -0.2) is 0 Å². The highest BCUT2D eigenvalue weighted by atomic mass is 16.3. The lowest BCUT2D eigenvalue weighted by molar-refractivity contribution is 0.0613. The summed E-state index contributed by atoms with van der Waals surface area (Å²) in [6.45, 7) is 7.40. The van der Waals surface area contributed by atoms with E-state index >= 15 is 0 Å². The minimum Gasteiger partial charge on any atom is -0.472 e. The van der Waals surface area contributed by atoms with E-state index in [9.17, 15) is 5.11 Å². The van der Waals surface area contributed by atoms with E-state index in [0.29, 0.717) is 0 Å². The van der Waals surface area contributed by atoms with Crippen molar-refractivity contribution in [1.29, 1.82) is 0 Å². The molecule has 0 fully saturated rings. The zero-order chi connectivity index (χ0) is 11.5. The molecule has 1 rings (SSSR count). The van der Waals surface area contributed by atoms with Crippen LogP contribution in [-0.4, -0.2) is 29.7 Å². The molecule has 1 aromatic rings. The topological polar surface area (TPSA) is 36.6 Å². The Labute approximate surface area is 91.7 Å². The minimum absolute atomic E-state index is 0.0766. The van der Waals surface area contributed by atoms with Crippen LogP contribution in [0.15, 0.2) is 23.0 Å². The Balaban J connectivity index is 2.62. The lowest BCUT2D eigenvalue weighted by Crippen LogP contribution is -2.43. The summed E-state index contributed by atoms with van der Waals surface area (Å²) in [7, 11) is 2.03. The van der Waals surface area contributed by atoms with Crippen LogP contribution in [0.5, 0.6) is 0 Å². The smallest absolute Gasteiger partial charge is 0.0947 e. The highest BCUT2D eigenvalue weighted by Gasteiger charge is 2.27. The average Bonchev–Trinajstić information content (AvgIpc) is 2.54. The Morgan fingerprint density at radius 1 is 1.47 bits per heavy atom. The summed E-state index contributed by atoms with van der Waals surface area (Å²) in [5.41, 5.74) is 1.22. The molecule has 0 saturated carbocycles. The van der Waals surface area contributed by atoms with Gasteiger partial charge in [0.05, 0.1) is 19.1 Å². The quantitative estimate of drug-likeness (QED) is 0.828. The summed E-state index contributed by atoms with van der Waals surface area (Å²) < 4.78 is 5.03. The van der Waals surface area contributed by atoms with Gasteiger partial charge < -0.3 is 9.52 Å². The molecule has 1 heterocycles. The number of aliphatic hydroxyl groups excluding tert-OH is 1. The Hall–Kier alpha value is -0.800. The molecule has 1 atom stereocenters. The van der Waals surface area contributed by atoms with E-state index in [0.717, 1.165) is 12.1 Å². The number of hydrogen-bond donors (Lipinski definition) is 1. The summed E-state index contributed by atoms with van der Waals surface area (Å²) in [5, 5.41) is 9.40. The van der Waals surface area contributed by atoms with Crippen molar-refractivity contribution in [2.24, 2.45) is 5.41 Å². The molecule has 0 spiro atoms. The van der Waals surface area contributed by atoms with Crippen molar-refractivity contribution in [3.8, 4) is 0 Å². The number of furan rings is 1. The molecular formula is C12H21NO2. The van der Waals surface area contributed by atoms with E-state index in [1.165, 1.54) is 0 Å². The highest BCUT2D eigenvalue weighted by Crippen LogP contribution is 2.24. The van der Waals surface area contributed by atoms with Gasteiger partial charge in [-0.05, 0) is 18.5 Å². The third kappa shape index (κ3) is 3.36. The molecule has 15 heavy (non-hydrogen) atoms. The monoisotopic (exact) mass is 211 g/mol. The molecule has 86 valence electrons. The van der Waals surface area contributed by atoms with Crippen molar-refractivity contribution >= 4 is 0 Å². The van der Waals surface area contributed by atoms with Gasteiger partial charge in [0.2, 0.25) is 0 Å². The Bertz CT molecular complexity index is 274. The first-order valence-corrected chi connectivity index (χ1v) is 5.27. The Kier molecular flexibility index (Phi) is 3.94. The van der Waals surface area contributed by atoms with Crippen molar-refractivity contribution in [3.63, 3.8) is 0 Å². The van der Waals surface area contributed by atoms with Crippen LogP contribution in [0, 0.1) is 5.41 Å². The molecule has 3 heteroatoms. The van der Waals surface area contributed by atoms with Crippen LogP contribution in [-0.2, 0) is 6.54 Å². The van der Waals surface area contributed by atoms with Gasteiger partial charge in [0.15, 0.2) is 0 Å². The molecule has 0 bridgehead atoms. The lowest BCUT2D eigenvalue weighted by Gasteiger charge is -2.36. The number of aliphatic hydroxyl groups is 1. The molecule has 1 unspecified atom stereocenters. The molecular weight excluding hydrogens is 190 g/mol. The summed E-state index contributed by atoms with van der Waals surface area (Å²) in [4.78, 5) is 2.16. The third-order valence-corrected chi connectivity index (χ3v) is 2.72. The van der Waals surface area contributed by atoms with E-state index in [1.54, 1.807) is 12.5 Å². The molecule has 3 nitrogen and oxygen atoms in total. The van der Waals surface area contributed by atoms with Crippen molar-refractivity contribution in [2.45, 2.75) is 33.4 Å². The van der Waals surface area contributed by atoms with Crippen LogP contribution in [0.2, 0.25) is 0 Å². The summed E-state index contributed by atoms with van der Waals surface area (Å²) in [6.07, 6.45) is 3.42. The fraction of sp³-hybridized carbons (Fsp3) is 0.667. The molecule has 0 aliphatic rings. The van der Waals surface area contributed by atoms with Crippen molar-refractivity contribution in [3.05, 3.63) is 24.2 Å². The summed E-state index contributed by atoms with van der Waals surface area (Å²) in [5.74, 6) is 0. The van der Waals surface area contributed by atoms with Gasteiger partial charge in [-0.15, -0.1) is 0 Å². The zero-order valence-corrected chi connectivity index (χ0v) is 10.0. The second-order valence-electron chi connectivity index (χ2n) is 5.11. The average molecular weight is 211 g/mol. The van der Waals surface area contributed by atoms with Gasteiger partial charge in [0, 0.05) is 18.2 Å². The molecule has 0 aliphatic heterocycles. The molecule has 0 aromatic carbocycles. The fourth-order valence-corrected chi connectivity index (χ4v) is 1.86. The fourth-order valence-electron chi connectivity index (χ4n) is 1.86. The van der Waals surface area contributed by atoms with Gasteiger partial charge in [-0.3, -0.25) is 4.90 Å². The number of likely N-dealkylation sites (N-methyl/N-ethyl adjacent to an activating group) is 1. The first kappa shape index (κ1) is 12.3. The van der Waals surface area contributed by atoms with Crippen LogP contribution in [0.25, 0.3) is 0 Å². The van der Waals surface area contributed by atoms with Crippen LogP contribution in [0.4, 0.5) is 0 Å². The van der Waals surface area contributed by atoms with Crippen LogP contribution in [0.3, 0.4) is 0 Å². The van der Waals surface area contributed by atoms with E-state index in [-0.39, 0.29) is 18.1 Å². The Morgan fingerprint density at radius 2 is 2.13 bits per heavy atom. The van der Waals surface area contributed by atoms with Crippen LogP contribution in [0.1, 0.15) is 26.3 Å². The minimum atomic E-state index is 0.0766. The molecule has 0 radical (unpaired) electrons. The summed E-state index contributed by atoms with van der Waals surface area (Å²) >= 11 is 0. The van der Waals surface area contributed by atoms with E-state index in [4.69, 9.17) is 4.42 Å². The largest absolute Gasteiger partial charge is 0.472 e. The Morgan fingerprint density at radius 3 is 2.53 bits per heavy atom. The second-order valence-corrected chi connectivity index (χ2v) is 5.11. The van der Waals surface area contributed by atoms with Crippen molar-refractivity contribution in [2.75, 3.05) is 13.7 Å². The molecule has 0 aliphatic carbocycles. The maximum atomic E-state index is 9.40. The number of hydrogen-bond acceptors (Lipinski definition) is 3. The molecule has 0 saturated heterocycles. The lowest BCUT2D eigenvalue weighted by atomic mass is 9.86. The van der Waals surface area contributed by atoms with Crippen molar-refractivity contribution < 1.29 is 9.52 Å². The second kappa shape index (κ2) is 4.81. The standard InChI is InChI=1S/C12H21NO2/c1-12(2,3)11(8-14)13(4)7-10-5-6-15-9-10/h5-6,9,11,14H,7-8H2,1-4H3. The van der Waals surface area contributed by atoms with Gasteiger partial charge >= 0.3 is 0 Å². The predicted molar refractivity (Wildman–Crippen MR) is 60.5 cm³/mol. The van der Waals surface area contributed by atoms with Crippen LogP contribution < -0.4 is 0 Å². The maximum absolute atomic E-state index is 9.40. The summed E-state index contributed by atoms with van der Waals surface area (Å²) in [6, 6.07) is 2.11.